The maximum Gasteiger partial charge on any atom is 0.267 e. The molecule has 1 aliphatic heterocycles. The van der Waals surface area contributed by atoms with Crippen LogP contribution >= 0.6 is 11.5 Å². The van der Waals surface area contributed by atoms with Gasteiger partial charge in [-0.1, -0.05) is 4.49 Å². The third-order valence-corrected chi connectivity index (χ3v) is 3.56. The fourth-order valence-corrected chi connectivity index (χ4v) is 2.29. The highest BCUT2D eigenvalue weighted by Gasteiger charge is 2.25. The van der Waals surface area contributed by atoms with E-state index >= 15 is 0 Å². The Kier molecular flexibility index (Phi) is 3.66. The number of carbonyl (C=O) groups excluding carboxylic acids is 1. The molecule has 1 unspecified atom stereocenters. The zero-order valence-electron chi connectivity index (χ0n) is 9.54. The summed E-state index contributed by atoms with van der Waals surface area (Å²) in [5.74, 6) is -0.00994. The smallest absolute Gasteiger partial charge is 0.267 e. The number of hydrogen-bond donors (Lipinski definition) is 0. The summed E-state index contributed by atoms with van der Waals surface area (Å²) < 4.78 is 3.69. The molecule has 6 nitrogen and oxygen atoms in total. The van der Waals surface area contributed by atoms with E-state index in [1.807, 2.05) is 6.92 Å². The summed E-state index contributed by atoms with van der Waals surface area (Å²) in [6.45, 7) is 4.68. The molecule has 0 saturated carbocycles. The van der Waals surface area contributed by atoms with Gasteiger partial charge in [-0.15, -0.1) is 5.10 Å². The van der Waals surface area contributed by atoms with E-state index in [2.05, 4.69) is 20.6 Å². The Hall–Kier alpha value is -1.52. The average Bonchev–Trinajstić information content (AvgIpc) is 2.91. The fraction of sp³-hybridized carbons (Fsp3) is 0.600. The summed E-state index contributed by atoms with van der Waals surface area (Å²) in [6, 6.07) is 2.12. The normalized spacial score (nSPS) is 18.7. The standard InChI is InChI=1S/C10H13N5OS/c1-8(6-11)14-2-4-15(5-3-14)10(16)9-7-12-13-17-9/h7-8H,2-5H2,1H3. The first-order valence-electron chi connectivity index (χ1n) is 5.42. The Morgan fingerprint density at radius 2 is 2.24 bits per heavy atom. The number of aromatic nitrogens is 2. The monoisotopic (exact) mass is 251 g/mol. The van der Waals surface area contributed by atoms with Crippen LogP contribution in [0.2, 0.25) is 0 Å². The minimum Gasteiger partial charge on any atom is -0.335 e. The van der Waals surface area contributed by atoms with Gasteiger partial charge in [0.25, 0.3) is 5.91 Å². The first-order chi connectivity index (χ1) is 8.22. The topological polar surface area (TPSA) is 73.1 Å². The molecule has 0 aliphatic carbocycles. The zero-order valence-corrected chi connectivity index (χ0v) is 10.4. The van der Waals surface area contributed by atoms with Gasteiger partial charge in [0.2, 0.25) is 0 Å². The molecular formula is C10H13N5OS. The second-order valence-electron chi connectivity index (χ2n) is 3.91. The molecule has 1 aromatic rings. The van der Waals surface area contributed by atoms with Crippen LogP contribution in [0.1, 0.15) is 16.6 Å². The van der Waals surface area contributed by atoms with Gasteiger partial charge in [-0.05, 0) is 18.5 Å². The maximum absolute atomic E-state index is 12.0. The summed E-state index contributed by atoms with van der Waals surface area (Å²) in [4.78, 5) is 16.4. The van der Waals surface area contributed by atoms with Crippen molar-refractivity contribution in [3.05, 3.63) is 11.1 Å². The average molecular weight is 251 g/mol. The molecule has 1 atom stereocenters. The lowest BCUT2D eigenvalue weighted by molar-refractivity contribution is 0.0620. The number of piperazine rings is 1. The summed E-state index contributed by atoms with van der Waals surface area (Å²) in [5.41, 5.74) is 0. The van der Waals surface area contributed by atoms with Crippen LogP contribution in [0.5, 0.6) is 0 Å². The van der Waals surface area contributed by atoms with Crippen LogP contribution < -0.4 is 0 Å². The Bertz CT molecular complexity index is 418. The van der Waals surface area contributed by atoms with Crippen LogP contribution in [-0.2, 0) is 0 Å². The molecule has 1 aromatic heterocycles. The molecule has 0 bridgehead atoms. The zero-order chi connectivity index (χ0) is 12.3. The van der Waals surface area contributed by atoms with E-state index in [9.17, 15) is 4.79 Å². The first kappa shape index (κ1) is 12.0. The number of nitriles is 1. The van der Waals surface area contributed by atoms with Crippen molar-refractivity contribution in [2.75, 3.05) is 26.2 Å². The van der Waals surface area contributed by atoms with Gasteiger partial charge in [0, 0.05) is 26.2 Å². The molecule has 0 radical (unpaired) electrons. The summed E-state index contributed by atoms with van der Waals surface area (Å²) in [6.07, 6.45) is 1.50. The van der Waals surface area contributed by atoms with Gasteiger partial charge in [-0.25, -0.2) is 0 Å². The molecule has 0 aromatic carbocycles. The molecule has 0 N–H and O–H groups in total. The van der Waals surface area contributed by atoms with Crippen LogP contribution in [0.15, 0.2) is 6.20 Å². The summed E-state index contributed by atoms with van der Waals surface area (Å²) >= 11 is 1.12. The third-order valence-electron chi connectivity index (χ3n) is 2.91. The number of amides is 1. The van der Waals surface area contributed by atoms with E-state index < -0.39 is 0 Å². The minimum atomic E-state index is -0.0858. The van der Waals surface area contributed by atoms with Crippen molar-refractivity contribution in [3.8, 4) is 6.07 Å². The van der Waals surface area contributed by atoms with Crippen molar-refractivity contribution in [3.63, 3.8) is 0 Å². The van der Waals surface area contributed by atoms with Crippen molar-refractivity contribution in [2.24, 2.45) is 0 Å². The first-order valence-corrected chi connectivity index (χ1v) is 6.20. The minimum absolute atomic E-state index is 0.00994. The molecule has 1 saturated heterocycles. The van der Waals surface area contributed by atoms with Crippen molar-refractivity contribution in [2.45, 2.75) is 13.0 Å². The molecule has 17 heavy (non-hydrogen) atoms. The van der Waals surface area contributed by atoms with Gasteiger partial charge in [-0.2, -0.15) is 5.26 Å². The van der Waals surface area contributed by atoms with E-state index in [-0.39, 0.29) is 11.9 Å². The van der Waals surface area contributed by atoms with Crippen molar-refractivity contribution in [1.29, 1.82) is 5.26 Å². The number of carbonyl (C=O) groups is 1. The van der Waals surface area contributed by atoms with E-state index in [1.165, 1.54) is 6.20 Å². The summed E-state index contributed by atoms with van der Waals surface area (Å²) in [5, 5.41) is 12.5. The second-order valence-corrected chi connectivity index (χ2v) is 4.70. The van der Waals surface area contributed by atoms with Gasteiger partial charge in [0.15, 0.2) is 0 Å². The predicted molar refractivity (Wildman–Crippen MR) is 62.5 cm³/mol. The molecule has 1 fully saturated rings. The molecule has 7 heteroatoms. The van der Waals surface area contributed by atoms with Crippen molar-refractivity contribution in [1.82, 2.24) is 19.4 Å². The van der Waals surface area contributed by atoms with E-state index in [0.29, 0.717) is 18.0 Å². The predicted octanol–water partition coefficient (Wildman–Crippen LogP) is 0.208. The largest absolute Gasteiger partial charge is 0.335 e. The van der Waals surface area contributed by atoms with Crippen LogP contribution in [0.4, 0.5) is 0 Å². The maximum atomic E-state index is 12.0. The lowest BCUT2D eigenvalue weighted by atomic mass is 10.2. The molecule has 2 heterocycles. The lowest BCUT2D eigenvalue weighted by Gasteiger charge is -2.35. The molecule has 2 rings (SSSR count). The third kappa shape index (κ3) is 2.60. The number of hydrogen-bond acceptors (Lipinski definition) is 6. The molecular weight excluding hydrogens is 238 g/mol. The van der Waals surface area contributed by atoms with Gasteiger partial charge in [0.05, 0.1) is 18.3 Å². The fourth-order valence-electron chi connectivity index (χ4n) is 1.81. The Balaban J connectivity index is 1.92. The van der Waals surface area contributed by atoms with Gasteiger partial charge < -0.3 is 4.90 Å². The highest BCUT2D eigenvalue weighted by atomic mass is 32.1. The van der Waals surface area contributed by atoms with Crippen molar-refractivity contribution < 1.29 is 4.79 Å². The van der Waals surface area contributed by atoms with E-state index in [1.54, 1.807) is 4.90 Å². The van der Waals surface area contributed by atoms with E-state index in [0.717, 1.165) is 24.6 Å². The summed E-state index contributed by atoms with van der Waals surface area (Å²) in [7, 11) is 0. The Morgan fingerprint density at radius 1 is 1.53 bits per heavy atom. The van der Waals surface area contributed by atoms with Crippen LogP contribution in [-0.4, -0.2) is 57.5 Å². The molecule has 0 spiro atoms. The van der Waals surface area contributed by atoms with Gasteiger partial charge >= 0.3 is 0 Å². The number of nitrogens with zero attached hydrogens (tertiary/aromatic N) is 5. The molecule has 1 amide bonds. The van der Waals surface area contributed by atoms with Gasteiger partial charge in [0.1, 0.15) is 4.88 Å². The van der Waals surface area contributed by atoms with E-state index in [4.69, 9.17) is 5.26 Å². The molecule has 90 valence electrons. The van der Waals surface area contributed by atoms with Gasteiger partial charge in [-0.3, -0.25) is 9.69 Å². The lowest BCUT2D eigenvalue weighted by Crippen LogP contribution is -2.50. The number of rotatable bonds is 2. The van der Waals surface area contributed by atoms with Crippen LogP contribution in [0.25, 0.3) is 0 Å². The van der Waals surface area contributed by atoms with Crippen molar-refractivity contribution >= 4 is 17.4 Å². The second kappa shape index (κ2) is 5.21. The van der Waals surface area contributed by atoms with Crippen LogP contribution in [0.3, 0.4) is 0 Å². The quantitative estimate of drug-likeness (QED) is 0.751. The highest BCUT2D eigenvalue weighted by Crippen LogP contribution is 2.11. The Morgan fingerprint density at radius 3 is 2.76 bits per heavy atom. The highest BCUT2D eigenvalue weighted by molar-refractivity contribution is 7.07. The van der Waals surface area contributed by atoms with Crippen LogP contribution in [0, 0.1) is 11.3 Å². The Labute approximate surface area is 104 Å². The SMILES string of the molecule is CC(C#N)N1CCN(C(=O)c2cnns2)CC1. The molecule has 1 aliphatic rings.